The maximum absolute atomic E-state index is 12.1. The van der Waals surface area contributed by atoms with Crippen LogP contribution in [0, 0.1) is 0 Å². The van der Waals surface area contributed by atoms with Crippen LogP contribution in [0.15, 0.2) is 24.3 Å². The second-order valence-corrected chi connectivity index (χ2v) is 7.77. The number of methoxy groups -OCH3 is 1. The van der Waals surface area contributed by atoms with E-state index in [9.17, 15) is 8.42 Å². The molecule has 0 spiro atoms. The predicted molar refractivity (Wildman–Crippen MR) is 87.3 cm³/mol. The molecule has 0 amide bonds. The second kappa shape index (κ2) is 7.41. The highest BCUT2D eigenvalue weighted by Crippen LogP contribution is 2.14. The van der Waals surface area contributed by atoms with Crippen LogP contribution >= 0.6 is 0 Å². The summed E-state index contributed by atoms with van der Waals surface area (Å²) in [6.07, 6.45) is 0.942. The van der Waals surface area contributed by atoms with E-state index in [-0.39, 0.29) is 0 Å². The van der Waals surface area contributed by atoms with Crippen molar-refractivity contribution in [1.82, 2.24) is 13.5 Å². The van der Waals surface area contributed by atoms with Gasteiger partial charge in [-0.3, -0.25) is 0 Å². The molecule has 0 aliphatic carbocycles. The van der Waals surface area contributed by atoms with Crippen molar-refractivity contribution in [1.29, 1.82) is 0 Å². The summed E-state index contributed by atoms with van der Waals surface area (Å²) in [7, 11) is 1.54. The summed E-state index contributed by atoms with van der Waals surface area (Å²) in [5.41, 5.74) is 1.24. The zero-order chi connectivity index (χ0) is 16.2. The summed E-state index contributed by atoms with van der Waals surface area (Å²) < 4.78 is 32.2. The Hall–Kier alpha value is -1.15. The van der Waals surface area contributed by atoms with E-state index in [1.54, 1.807) is 25.5 Å². The quantitative estimate of drug-likeness (QED) is 0.770. The summed E-state index contributed by atoms with van der Waals surface area (Å²) in [6, 6.07) is 8.08. The molecule has 124 valence electrons. The van der Waals surface area contributed by atoms with E-state index < -0.39 is 10.2 Å². The summed E-state index contributed by atoms with van der Waals surface area (Å²) in [4.78, 5) is 2.31. The Morgan fingerprint density at radius 1 is 1.18 bits per heavy atom. The molecule has 1 aromatic carbocycles. The third kappa shape index (κ3) is 4.19. The number of rotatable bonds is 6. The molecule has 0 atom stereocenters. The normalized spacial score (nSPS) is 17.8. The van der Waals surface area contributed by atoms with Crippen LogP contribution in [0.3, 0.4) is 0 Å². The van der Waals surface area contributed by atoms with Crippen LogP contribution in [0.4, 0.5) is 0 Å². The molecular weight excluding hydrogens is 302 g/mol. The third-order valence-corrected chi connectivity index (χ3v) is 5.91. The lowest BCUT2D eigenvalue weighted by Crippen LogP contribution is -2.51. The number of piperazine rings is 1. The topological polar surface area (TPSA) is 53.1 Å². The summed E-state index contributed by atoms with van der Waals surface area (Å²) in [5.74, 6) is 0.874. The van der Waals surface area contributed by atoms with Gasteiger partial charge in [-0.25, -0.2) is 0 Å². The first-order valence-corrected chi connectivity index (χ1v) is 8.86. The van der Waals surface area contributed by atoms with Gasteiger partial charge in [0.15, 0.2) is 0 Å². The van der Waals surface area contributed by atoms with Gasteiger partial charge in [0, 0.05) is 46.8 Å². The standard InChI is InChI=1S/C15H25N3O3S/c1-16(2)22(19,20)18-11-9-17(10-12-18)8-7-14-5-4-6-15(13-14)21-3/h4-6,13H,7-12H2,1-3H3. The number of hydrogen-bond acceptors (Lipinski definition) is 4. The van der Waals surface area contributed by atoms with E-state index in [4.69, 9.17) is 4.74 Å². The summed E-state index contributed by atoms with van der Waals surface area (Å²) >= 11 is 0. The van der Waals surface area contributed by atoms with Gasteiger partial charge in [0.1, 0.15) is 5.75 Å². The monoisotopic (exact) mass is 327 g/mol. The largest absolute Gasteiger partial charge is 0.497 e. The maximum Gasteiger partial charge on any atom is 0.281 e. The van der Waals surface area contributed by atoms with Gasteiger partial charge >= 0.3 is 0 Å². The van der Waals surface area contributed by atoms with Crippen molar-refractivity contribution in [2.45, 2.75) is 6.42 Å². The van der Waals surface area contributed by atoms with Crippen molar-refractivity contribution in [2.75, 3.05) is 53.9 Å². The summed E-state index contributed by atoms with van der Waals surface area (Å²) in [6.45, 7) is 3.59. The molecule has 1 heterocycles. The van der Waals surface area contributed by atoms with Crippen LogP contribution in [0.1, 0.15) is 5.56 Å². The minimum absolute atomic E-state index is 0.554. The van der Waals surface area contributed by atoms with E-state index >= 15 is 0 Å². The highest BCUT2D eigenvalue weighted by Gasteiger charge is 2.28. The molecule has 2 rings (SSSR count). The van der Waals surface area contributed by atoms with Gasteiger partial charge < -0.3 is 9.64 Å². The Labute approximate surface area is 133 Å². The van der Waals surface area contributed by atoms with E-state index in [1.165, 1.54) is 9.87 Å². The highest BCUT2D eigenvalue weighted by atomic mass is 32.2. The fraction of sp³-hybridized carbons (Fsp3) is 0.600. The molecular formula is C15H25N3O3S. The van der Waals surface area contributed by atoms with Gasteiger partial charge in [0.05, 0.1) is 7.11 Å². The van der Waals surface area contributed by atoms with Crippen molar-refractivity contribution < 1.29 is 13.2 Å². The molecule has 0 bridgehead atoms. The first-order chi connectivity index (χ1) is 10.4. The Balaban J connectivity index is 1.83. The number of hydrogen-bond donors (Lipinski definition) is 0. The average Bonchev–Trinajstić information content (AvgIpc) is 2.53. The SMILES string of the molecule is COc1cccc(CCN2CCN(S(=O)(=O)N(C)C)CC2)c1. The van der Waals surface area contributed by atoms with Gasteiger partial charge in [-0.2, -0.15) is 17.0 Å². The minimum atomic E-state index is -3.28. The van der Waals surface area contributed by atoms with Crippen LogP contribution < -0.4 is 4.74 Å². The molecule has 0 radical (unpaired) electrons. The molecule has 1 aromatic rings. The molecule has 1 aliphatic heterocycles. The van der Waals surface area contributed by atoms with Gasteiger partial charge in [-0.05, 0) is 24.1 Å². The van der Waals surface area contributed by atoms with Crippen molar-refractivity contribution in [3.63, 3.8) is 0 Å². The molecule has 0 unspecified atom stereocenters. The fourth-order valence-corrected chi connectivity index (χ4v) is 3.62. The van der Waals surface area contributed by atoms with E-state index in [0.29, 0.717) is 13.1 Å². The van der Waals surface area contributed by atoms with Gasteiger partial charge in [0.25, 0.3) is 10.2 Å². The van der Waals surface area contributed by atoms with Gasteiger partial charge in [-0.1, -0.05) is 12.1 Å². The Kier molecular flexibility index (Phi) is 5.80. The highest BCUT2D eigenvalue weighted by molar-refractivity contribution is 7.86. The Morgan fingerprint density at radius 3 is 2.45 bits per heavy atom. The first kappa shape index (κ1) is 17.2. The number of benzene rings is 1. The zero-order valence-corrected chi connectivity index (χ0v) is 14.3. The fourth-order valence-electron chi connectivity index (χ4n) is 2.53. The van der Waals surface area contributed by atoms with Crippen LogP contribution in [-0.4, -0.2) is 75.9 Å². The second-order valence-electron chi connectivity index (χ2n) is 5.63. The number of nitrogens with zero attached hydrogens (tertiary/aromatic N) is 3. The van der Waals surface area contributed by atoms with Crippen molar-refractivity contribution >= 4 is 10.2 Å². The van der Waals surface area contributed by atoms with Crippen molar-refractivity contribution in [2.24, 2.45) is 0 Å². The van der Waals surface area contributed by atoms with Crippen molar-refractivity contribution in [3.05, 3.63) is 29.8 Å². The third-order valence-electron chi connectivity index (χ3n) is 3.97. The molecule has 1 fully saturated rings. The van der Waals surface area contributed by atoms with Crippen molar-refractivity contribution in [3.8, 4) is 5.75 Å². The predicted octanol–water partition coefficient (Wildman–Crippen LogP) is 0.662. The molecule has 1 aliphatic rings. The van der Waals surface area contributed by atoms with Gasteiger partial charge in [0.2, 0.25) is 0 Å². The van der Waals surface area contributed by atoms with Crippen LogP contribution in [0.2, 0.25) is 0 Å². The lowest BCUT2D eigenvalue weighted by molar-refractivity contribution is 0.185. The summed E-state index contributed by atoms with van der Waals surface area (Å²) in [5, 5.41) is 0. The molecule has 1 saturated heterocycles. The molecule has 22 heavy (non-hydrogen) atoms. The van der Waals surface area contributed by atoms with Crippen LogP contribution in [0.5, 0.6) is 5.75 Å². The van der Waals surface area contributed by atoms with Crippen LogP contribution in [0.25, 0.3) is 0 Å². The van der Waals surface area contributed by atoms with E-state index in [1.807, 2.05) is 18.2 Å². The molecule has 0 aromatic heterocycles. The van der Waals surface area contributed by atoms with E-state index in [2.05, 4.69) is 11.0 Å². The average molecular weight is 327 g/mol. The maximum atomic E-state index is 12.1. The molecule has 7 heteroatoms. The lowest BCUT2D eigenvalue weighted by Gasteiger charge is -2.35. The van der Waals surface area contributed by atoms with Gasteiger partial charge in [-0.15, -0.1) is 0 Å². The minimum Gasteiger partial charge on any atom is -0.497 e. The first-order valence-electron chi connectivity index (χ1n) is 7.46. The number of ether oxygens (including phenoxy) is 1. The van der Waals surface area contributed by atoms with Crippen LogP contribution in [-0.2, 0) is 16.6 Å². The molecule has 0 saturated carbocycles. The Morgan fingerprint density at radius 2 is 1.86 bits per heavy atom. The molecule has 0 N–H and O–H groups in total. The molecule has 6 nitrogen and oxygen atoms in total. The van der Waals surface area contributed by atoms with E-state index in [0.717, 1.165) is 31.8 Å². The smallest absolute Gasteiger partial charge is 0.281 e. The lowest BCUT2D eigenvalue weighted by atomic mass is 10.1. The zero-order valence-electron chi connectivity index (χ0n) is 13.5. The Bertz CT molecular complexity index is 581.